The van der Waals surface area contributed by atoms with Gasteiger partial charge in [-0.3, -0.25) is 4.79 Å². The average molecular weight is 282 g/mol. The molecule has 0 aliphatic rings. The second kappa shape index (κ2) is 13.5. The molecular formula is C18H36NO. The van der Waals surface area contributed by atoms with Crippen molar-refractivity contribution in [3.05, 3.63) is 6.92 Å². The van der Waals surface area contributed by atoms with Crippen LogP contribution < -0.4 is 0 Å². The molecule has 1 amide bonds. The predicted octanol–water partition coefficient (Wildman–Crippen LogP) is 5.37. The van der Waals surface area contributed by atoms with Gasteiger partial charge in [0.2, 0.25) is 5.91 Å². The zero-order valence-electron chi connectivity index (χ0n) is 14.1. The van der Waals surface area contributed by atoms with Crippen LogP contribution in [0.15, 0.2) is 0 Å². The van der Waals surface area contributed by atoms with Crippen LogP contribution in [-0.2, 0) is 4.79 Å². The zero-order chi connectivity index (χ0) is 15.2. The van der Waals surface area contributed by atoms with Crippen molar-refractivity contribution in [1.82, 2.24) is 4.90 Å². The third-order valence-corrected chi connectivity index (χ3v) is 4.06. The van der Waals surface area contributed by atoms with Crippen LogP contribution in [0.1, 0.15) is 90.9 Å². The summed E-state index contributed by atoms with van der Waals surface area (Å²) >= 11 is 0. The Morgan fingerprint density at radius 1 is 0.900 bits per heavy atom. The number of carbonyl (C=O) groups is 1. The molecule has 0 aliphatic heterocycles. The fourth-order valence-electron chi connectivity index (χ4n) is 2.49. The Balaban J connectivity index is 3.43. The van der Waals surface area contributed by atoms with E-state index in [1.165, 1.54) is 51.4 Å². The van der Waals surface area contributed by atoms with Crippen molar-refractivity contribution in [2.24, 2.45) is 0 Å². The first-order valence-corrected chi connectivity index (χ1v) is 8.72. The molecule has 0 aromatic carbocycles. The van der Waals surface area contributed by atoms with Crippen LogP contribution in [0.25, 0.3) is 0 Å². The summed E-state index contributed by atoms with van der Waals surface area (Å²) in [5, 5.41) is 0. The van der Waals surface area contributed by atoms with Gasteiger partial charge in [-0.05, 0) is 19.8 Å². The van der Waals surface area contributed by atoms with E-state index in [0.29, 0.717) is 6.42 Å². The molecule has 0 aliphatic carbocycles. The number of carbonyl (C=O) groups excluding carboxylic acids is 1. The minimum absolute atomic E-state index is 0.145. The predicted molar refractivity (Wildman–Crippen MR) is 88.7 cm³/mol. The Hall–Kier alpha value is -0.530. The molecule has 0 aromatic rings. The molecule has 1 unspecified atom stereocenters. The number of hydrogen-bond acceptors (Lipinski definition) is 1. The Bertz CT molecular complexity index is 227. The first-order valence-electron chi connectivity index (χ1n) is 8.72. The molecule has 1 radical (unpaired) electrons. The monoisotopic (exact) mass is 282 g/mol. The van der Waals surface area contributed by atoms with Crippen molar-refractivity contribution in [3.8, 4) is 0 Å². The van der Waals surface area contributed by atoms with Crippen LogP contribution in [0.5, 0.6) is 0 Å². The molecule has 1 atom stereocenters. The summed E-state index contributed by atoms with van der Waals surface area (Å²) in [5.74, 6) is 0.265. The first-order chi connectivity index (χ1) is 9.63. The molecule has 0 saturated heterocycles. The largest absolute Gasteiger partial charge is 0.343 e. The molecule has 0 saturated carbocycles. The van der Waals surface area contributed by atoms with Crippen LogP contribution in [0.2, 0.25) is 0 Å². The molecule has 2 heteroatoms. The quantitative estimate of drug-likeness (QED) is 0.416. The summed E-state index contributed by atoms with van der Waals surface area (Å²) in [6.45, 7) is 8.44. The minimum Gasteiger partial charge on any atom is -0.343 e. The van der Waals surface area contributed by atoms with E-state index < -0.39 is 0 Å². The number of rotatable bonds is 13. The molecular weight excluding hydrogens is 246 g/mol. The smallest absolute Gasteiger partial charge is 0.222 e. The molecule has 0 bridgehead atoms. The Kier molecular flexibility index (Phi) is 13.1. The van der Waals surface area contributed by atoms with E-state index in [-0.39, 0.29) is 11.9 Å². The molecule has 20 heavy (non-hydrogen) atoms. The molecule has 0 rings (SSSR count). The number of amides is 1. The molecule has 0 aromatic heterocycles. The van der Waals surface area contributed by atoms with Crippen LogP contribution in [0, 0.1) is 6.92 Å². The maximum absolute atomic E-state index is 12.0. The highest BCUT2D eigenvalue weighted by Crippen LogP contribution is 2.12. The SMILES string of the molecule is [CH2]C(CCC)N(C)C(=O)CCCCCCCCCCC. The van der Waals surface area contributed by atoms with Crippen molar-refractivity contribution in [2.75, 3.05) is 7.05 Å². The van der Waals surface area contributed by atoms with E-state index in [2.05, 4.69) is 20.8 Å². The summed E-state index contributed by atoms with van der Waals surface area (Å²) in [7, 11) is 1.89. The highest BCUT2D eigenvalue weighted by molar-refractivity contribution is 5.76. The third-order valence-electron chi connectivity index (χ3n) is 4.06. The Morgan fingerprint density at radius 2 is 1.40 bits per heavy atom. The molecule has 0 spiro atoms. The van der Waals surface area contributed by atoms with Crippen molar-refractivity contribution in [2.45, 2.75) is 96.9 Å². The second-order valence-electron chi connectivity index (χ2n) is 6.03. The van der Waals surface area contributed by atoms with Gasteiger partial charge in [0.05, 0.1) is 0 Å². The molecule has 0 N–H and O–H groups in total. The lowest BCUT2D eigenvalue weighted by Gasteiger charge is -2.24. The third kappa shape index (κ3) is 10.3. The summed E-state index contributed by atoms with van der Waals surface area (Å²) in [4.78, 5) is 13.8. The standard InChI is InChI=1S/C18H36NO/c1-5-7-8-9-10-11-12-13-14-16-18(20)19(4)17(3)15-6-2/h17H,3,5-16H2,1-2,4H3. The maximum atomic E-state index is 12.0. The fraction of sp³-hybridized carbons (Fsp3) is 0.889. The van der Waals surface area contributed by atoms with Crippen LogP contribution in [-0.4, -0.2) is 23.9 Å². The maximum Gasteiger partial charge on any atom is 0.222 e. The molecule has 0 fully saturated rings. The number of unbranched alkanes of at least 4 members (excludes halogenated alkanes) is 8. The van der Waals surface area contributed by atoms with E-state index in [0.717, 1.165) is 19.3 Å². The molecule has 119 valence electrons. The average Bonchev–Trinajstić information content (AvgIpc) is 2.44. The lowest BCUT2D eigenvalue weighted by Crippen LogP contribution is -2.34. The fourth-order valence-corrected chi connectivity index (χ4v) is 2.49. The minimum atomic E-state index is 0.145. The van der Waals surface area contributed by atoms with Crippen LogP contribution in [0.3, 0.4) is 0 Å². The van der Waals surface area contributed by atoms with Crippen molar-refractivity contribution in [1.29, 1.82) is 0 Å². The van der Waals surface area contributed by atoms with Crippen molar-refractivity contribution < 1.29 is 4.79 Å². The van der Waals surface area contributed by atoms with E-state index in [1.807, 2.05) is 11.9 Å². The van der Waals surface area contributed by atoms with Gasteiger partial charge in [-0.25, -0.2) is 0 Å². The lowest BCUT2D eigenvalue weighted by molar-refractivity contribution is -0.131. The highest BCUT2D eigenvalue weighted by atomic mass is 16.2. The zero-order valence-corrected chi connectivity index (χ0v) is 14.1. The highest BCUT2D eigenvalue weighted by Gasteiger charge is 2.14. The topological polar surface area (TPSA) is 20.3 Å². The van der Waals surface area contributed by atoms with Gasteiger partial charge < -0.3 is 4.90 Å². The van der Waals surface area contributed by atoms with Gasteiger partial charge in [-0.15, -0.1) is 0 Å². The summed E-state index contributed by atoms with van der Waals surface area (Å²) in [6, 6.07) is 0.145. The number of hydrogen-bond donors (Lipinski definition) is 0. The second-order valence-corrected chi connectivity index (χ2v) is 6.03. The first kappa shape index (κ1) is 19.5. The number of nitrogens with zero attached hydrogens (tertiary/aromatic N) is 1. The van der Waals surface area contributed by atoms with Crippen LogP contribution >= 0.6 is 0 Å². The van der Waals surface area contributed by atoms with Crippen molar-refractivity contribution >= 4 is 5.91 Å². The van der Waals surface area contributed by atoms with E-state index >= 15 is 0 Å². The molecule has 2 nitrogen and oxygen atoms in total. The normalized spacial score (nSPS) is 12.4. The van der Waals surface area contributed by atoms with Gasteiger partial charge in [0.15, 0.2) is 0 Å². The van der Waals surface area contributed by atoms with Gasteiger partial charge in [-0.1, -0.05) is 71.6 Å². The molecule has 0 heterocycles. The van der Waals surface area contributed by atoms with Gasteiger partial charge in [0.25, 0.3) is 0 Å². The van der Waals surface area contributed by atoms with E-state index in [4.69, 9.17) is 0 Å². The summed E-state index contributed by atoms with van der Waals surface area (Å²) < 4.78 is 0. The van der Waals surface area contributed by atoms with Crippen LogP contribution in [0.4, 0.5) is 0 Å². The van der Waals surface area contributed by atoms with Gasteiger partial charge >= 0.3 is 0 Å². The van der Waals surface area contributed by atoms with Gasteiger partial charge in [0.1, 0.15) is 0 Å². The Morgan fingerprint density at radius 3 is 1.90 bits per heavy atom. The summed E-state index contributed by atoms with van der Waals surface area (Å²) in [6.07, 6.45) is 14.5. The Labute approximate surface area is 127 Å². The summed E-state index contributed by atoms with van der Waals surface area (Å²) in [5.41, 5.74) is 0. The van der Waals surface area contributed by atoms with Crippen molar-refractivity contribution in [3.63, 3.8) is 0 Å². The lowest BCUT2D eigenvalue weighted by atomic mass is 10.1. The van der Waals surface area contributed by atoms with Gasteiger partial charge in [-0.2, -0.15) is 0 Å². The van der Waals surface area contributed by atoms with E-state index in [1.54, 1.807) is 0 Å². The van der Waals surface area contributed by atoms with Gasteiger partial charge in [0, 0.05) is 19.5 Å². The van der Waals surface area contributed by atoms with E-state index in [9.17, 15) is 4.79 Å².